The molecule has 4 aromatic rings. The minimum atomic E-state index is 0.0191. The van der Waals surface area contributed by atoms with E-state index in [1.54, 1.807) is 0 Å². The zero-order chi connectivity index (χ0) is 17.1. The maximum absolute atomic E-state index is 11.9. The number of rotatable bonds is 1. The van der Waals surface area contributed by atoms with Crippen molar-refractivity contribution >= 4 is 43.9 Å². The molecule has 122 valence electrons. The molecular formula is C22H19N2O+. The molecule has 1 amide bonds. The minimum Gasteiger partial charge on any atom is -0.269 e. The van der Waals surface area contributed by atoms with Gasteiger partial charge in [-0.2, -0.15) is 0 Å². The fraction of sp³-hybridized carbons (Fsp3) is 0.182. The first-order valence-corrected chi connectivity index (χ1v) is 8.72. The van der Waals surface area contributed by atoms with Gasteiger partial charge in [0, 0.05) is 6.92 Å². The van der Waals surface area contributed by atoms with E-state index in [1.807, 2.05) is 11.6 Å². The molecule has 3 heteroatoms. The minimum absolute atomic E-state index is 0.0191. The zero-order valence-corrected chi connectivity index (χ0v) is 14.3. The summed E-state index contributed by atoms with van der Waals surface area (Å²) in [5.41, 5.74) is 5.28. The first-order chi connectivity index (χ1) is 12.1. The summed E-state index contributed by atoms with van der Waals surface area (Å²) in [6.45, 7) is 4.77. The van der Waals surface area contributed by atoms with Crippen LogP contribution in [0, 0.1) is 5.92 Å². The highest BCUT2D eigenvalue weighted by Crippen LogP contribution is 2.36. The Morgan fingerprint density at radius 2 is 1.68 bits per heavy atom. The summed E-state index contributed by atoms with van der Waals surface area (Å²) in [6, 6.07) is 19.6. The molecule has 0 aliphatic carbocycles. The molecule has 3 nitrogen and oxygen atoms in total. The van der Waals surface area contributed by atoms with Crippen molar-refractivity contribution in [3.05, 3.63) is 60.2 Å². The van der Waals surface area contributed by atoms with Gasteiger partial charge in [0.1, 0.15) is 5.92 Å². The Kier molecular flexibility index (Phi) is 2.90. The smallest absolute Gasteiger partial charge is 0.269 e. The fourth-order valence-corrected chi connectivity index (χ4v) is 4.07. The van der Waals surface area contributed by atoms with Crippen molar-refractivity contribution in [3.63, 3.8) is 0 Å². The van der Waals surface area contributed by atoms with E-state index >= 15 is 0 Å². The van der Waals surface area contributed by atoms with E-state index in [-0.39, 0.29) is 11.8 Å². The lowest BCUT2D eigenvalue weighted by molar-refractivity contribution is -0.560. The van der Waals surface area contributed by atoms with Crippen molar-refractivity contribution < 1.29 is 9.48 Å². The summed E-state index contributed by atoms with van der Waals surface area (Å²) in [5.74, 6) is 0.113. The highest BCUT2D eigenvalue weighted by atomic mass is 16.2. The molecule has 0 radical (unpaired) electrons. The molecule has 1 unspecified atom stereocenters. The highest BCUT2D eigenvalue weighted by molar-refractivity contribution is 6.27. The third-order valence-electron chi connectivity index (χ3n) is 5.45. The molecule has 0 spiro atoms. The van der Waals surface area contributed by atoms with Gasteiger partial charge in [0.15, 0.2) is 6.54 Å². The summed E-state index contributed by atoms with van der Waals surface area (Å²) < 4.78 is 1.99. The molecule has 1 aliphatic rings. The Labute approximate surface area is 145 Å². The van der Waals surface area contributed by atoms with Crippen molar-refractivity contribution in [2.45, 2.75) is 13.8 Å². The quantitative estimate of drug-likeness (QED) is 0.414. The van der Waals surface area contributed by atoms with Crippen LogP contribution in [0.1, 0.15) is 19.4 Å². The Morgan fingerprint density at radius 3 is 2.40 bits per heavy atom. The van der Waals surface area contributed by atoms with Gasteiger partial charge in [-0.3, -0.25) is 4.79 Å². The Bertz CT molecular complexity index is 1190. The molecular weight excluding hydrogens is 308 g/mol. The van der Waals surface area contributed by atoms with Gasteiger partial charge >= 0.3 is 0 Å². The van der Waals surface area contributed by atoms with Crippen molar-refractivity contribution in [2.24, 2.45) is 5.92 Å². The highest BCUT2D eigenvalue weighted by Gasteiger charge is 2.33. The number of carbonyl (C=O) groups is 1. The third-order valence-corrected chi connectivity index (χ3v) is 5.45. The predicted molar refractivity (Wildman–Crippen MR) is 102 cm³/mol. The molecule has 1 saturated heterocycles. The van der Waals surface area contributed by atoms with Crippen molar-refractivity contribution in [1.82, 2.24) is 5.43 Å². The number of hydrazone groups is 1. The van der Waals surface area contributed by atoms with E-state index in [1.165, 1.54) is 37.9 Å². The van der Waals surface area contributed by atoms with Crippen molar-refractivity contribution in [1.29, 1.82) is 0 Å². The Morgan fingerprint density at radius 1 is 1.00 bits per heavy atom. The topological polar surface area (TPSA) is 32.1 Å². The Balaban J connectivity index is 1.90. The second-order valence-electron chi connectivity index (χ2n) is 7.05. The van der Waals surface area contributed by atoms with E-state index in [2.05, 4.69) is 66.9 Å². The lowest BCUT2D eigenvalue weighted by Crippen LogP contribution is -2.29. The molecule has 1 N–H and O–H groups in total. The summed E-state index contributed by atoms with van der Waals surface area (Å²) in [4.78, 5) is 11.9. The average Bonchev–Trinajstić information content (AvgIpc) is 2.98. The van der Waals surface area contributed by atoms with E-state index in [4.69, 9.17) is 0 Å². The number of hydrogen-bond acceptors (Lipinski definition) is 1. The molecule has 1 heterocycles. The molecule has 1 atom stereocenters. The molecule has 0 aromatic heterocycles. The maximum Gasteiger partial charge on any atom is 0.283 e. The van der Waals surface area contributed by atoms with Gasteiger partial charge in [0.25, 0.3) is 5.91 Å². The van der Waals surface area contributed by atoms with Crippen LogP contribution in [-0.4, -0.2) is 22.8 Å². The molecule has 5 rings (SSSR count). The molecule has 4 aromatic carbocycles. The molecule has 1 fully saturated rings. The standard InChI is InChI=1S/C22H18N2O/c1-13-12-24(23-22(13)25)14(2)19-11-17-7-3-5-15-9-10-16-6-4-8-18(19)21(16)20(15)17/h3-11,13H,12H2,1-2H3/p+1/b24-14+. The second kappa shape index (κ2) is 5.03. The van der Waals surface area contributed by atoms with Crippen LogP contribution in [0.5, 0.6) is 0 Å². The van der Waals surface area contributed by atoms with Crippen LogP contribution < -0.4 is 5.43 Å². The summed E-state index contributed by atoms with van der Waals surface area (Å²) in [7, 11) is 0. The van der Waals surface area contributed by atoms with Gasteiger partial charge in [0.2, 0.25) is 5.71 Å². The normalized spacial score (nSPS) is 19.9. The summed E-state index contributed by atoms with van der Waals surface area (Å²) >= 11 is 0. The number of nitrogens with zero attached hydrogens (tertiary/aromatic N) is 1. The average molecular weight is 327 g/mol. The zero-order valence-electron chi connectivity index (χ0n) is 14.3. The first-order valence-electron chi connectivity index (χ1n) is 8.72. The molecule has 0 saturated carbocycles. The molecule has 25 heavy (non-hydrogen) atoms. The second-order valence-corrected chi connectivity index (χ2v) is 7.05. The predicted octanol–water partition coefficient (Wildman–Crippen LogP) is 4.09. The van der Waals surface area contributed by atoms with Crippen LogP contribution in [0.3, 0.4) is 0 Å². The van der Waals surface area contributed by atoms with Crippen LogP contribution in [0.2, 0.25) is 0 Å². The number of carbonyl (C=O) groups excluding carboxylic acids is 1. The van der Waals surface area contributed by atoms with E-state index in [9.17, 15) is 4.79 Å². The number of nitrogens with one attached hydrogen (secondary N) is 1. The lowest BCUT2D eigenvalue weighted by Gasteiger charge is -2.13. The molecule has 1 aliphatic heterocycles. The van der Waals surface area contributed by atoms with Gasteiger partial charge < -0.3 is 0 Å². The fourth-order valence-electron chi connectivity index (χ4n) is 4.07. The van der Waals surface area contributed by atoms with E-state index in [0.717, 1.165) is 5.71 Å². The van der Waals surface area contributed by atoms with Crippen LogP contribution in [0.15, 0.2) is 54.6 Å². The largest absolute Gasteiger partial charge is 0.283 e. The number of hydrazine groups is 1. The van der Waals surface area contributed by atoms with Gasteiger partial charge in [-0.05, 0) is 45.3 Å². The monoisotopic (exact) mass is 327 g/mol. The van der Waals surface area contributed by atoms with Crippen molar-refractivity contribution in [3.8, 4) is 0 Å². The van der Waals surface area contributed by atoms with Crippen LogP contribution in [0.4, 0.5) is 0 Å². The maximum atomic E-state index is 11.9. The van der Waals surface area contributed by atoms with Crippen LogP contribution in [-0.2, 0) is 4.79 Å². The van der Waals surface area contributed by atoms with Gasteiger partial charge in [-0.25, -0.2) is 0 Å². The first kappa shape index (κ1) is 14.4. The third kappa shape index (κ3) is 1.99. The SMILES string of the molecule is C/C(c1cc2cccc3ccc4cccc1c4c32)=[N+]1/CC(C)C(=O)N1. The molecule has 0 bridgehead atoms. The van der Waals surface area contributed by atoms with Gasteiger partial charge in [0.05, 0.1) is 5.56 Å². The van der Waals surface area contributed by atoms with Gasteiger partial charge in [-0.15, -0.1) is 10.1 Å². The van der Waals surface area contributed by atoms with E-state index < -0.39 is 0 Å². The van der Waals surface area contributed by atoms with E-state index in [0.29, 0.717) is 6.54 Å². The Hall–Kier alpha value is -2.94. The van der Waals surface area contributed by atoms with Crippen molar-refractivity contribution in [2.75, 3.05) is 6.54 Å². The van der Waals surface area contributed by atoms with Gasteiger partial charge in [-0.1, -0.05) is 48.5 Å². The number of benzene rings is 4. The summed E-state index contributed by atoms with van der Waals surface area (Å²) in [5, 5.41) is 7.66. The lowest BCUT2D eigenvalue weighted by atomic mass is 9.90. The summed E-state index contributed by atoms with van der Waals surface area (Å²) in [6.07, 6.45) is 0. The number of amides is 1. The number of hydrogen-bond donors (Lipinski definition) is 1. The van der Waals surface area contributed by atoms with Crippen LogP contribution in [0.25, 0.3) is 32.3 Å². The van der Waals surface area contributed by atoms with Crippen LogP contribution >= 0.6 is 0 Å².